The minimum atomic E-state index is -0.101. The van der Waals surface area contributed by atoms with Crippen LogP contribution in [0.1, 0.15) is 5.56 Å². The molecule has 0 fully saturated rings. The van der Waals surface area contributed by atoms with Gasteiger partial charge in [0.1, 0.15) is 5.75 Å². The smallest absolute Gasteiger partial charge is 0.269 e. The third-order valence-electron chi connectivity index (χ3n) is 4.42. The molecule has 0 aliphatic heterocycles. The van der Waals surface area contributed by atoms with Crippen molar-refractivity contribution in [1.29, 1.82) is 0 Å². The molecule has 4 nitrogen and oxygen atoms in total. The maximum absolute atomic E-state index is 12.4. The predicted octanol–water partition coefficient (Wildman–Crippen LogP) is 4.12. The summed E-state index contributed by atoms with van der Waals surface area (Å²) >= 11 is 0. The Morgan fingerprint density at radius 2 is 1.69 bits per heavy atom. The van der Waals surface area contributed by atoms with Crippen molar-refractivity contribution in [2.75, 3.05) is 7.11 Å². The number of methoxy groups -OCH3 is 1. The van der Waals surface area contributed by atoms with Crippen molar-refractivity contribution < 1.29 is 4.74 Å². The molecule has 0 bridgehead atoms. The highest BCUT2D eigenvalue weighted by atomic mass is 16.5. The van der Waals surface area contributed by atoms with Crippen LogP contribution in [0.15, 0.2) is 83.8 Å². The van der Waals surface area contributed by atoms with E-state index in [0.29, 0.717) is 6.54 Å². The van der Waals surface area contributed by atoms with Crippen molar-refractivity contribution in [2.45, 2.75) is 6.54 Å². The van der Waals surface area contributed by atoms with E-state index in [4.69, 9.17) is 4.74 Å². The van der Waals surface area contributed by atoms with Gasteiger partial charge in [-0.1, -0.05) is 42.5 Å². The summed E-state index contributed by atoms with van der Waals surface area (Å²) in [7, 11) is 1.66. The SMILES string of the molecule is COc1cccc(-c2cccc(Cn3c(=O)cnc4ccccc43)c2)c1. The lowest BCUT2D eigenvalue weighted by Crippen LogP contribution is -2.21. The molecule has 0 aliphatic carbocycles. The van der Waals surface area contributed by atoms with E-state index in [1.807, 2.05) is 54.6 Å². The molecule has 0 saturated carbocycles. The molecular weight excluding hydrogens is 324 g/mol. The summed E-state index contributed by atoms with van der Waals surface area (Å²) in [5.41, 5.74) is 4.79. The van der Waals surface area contributed by atoms with Crippen molar-refractivity contribution >= 4 is 11.0 Å². The largest absolute Gasteiger partial charge is 0.497 e. The van der Waals surface area contributed by atoms with E-state index in [0.717, 1.165) is 33.5 Å². The van der Waals surface area contributed by atoms with Crippen molar-refractivity contribution in [2.24, 2.45) is 0 Å². The van der Waals surface area contributed by atoms with Crippen LogP contribution in [-0.2, 0) is 6.54 Å². The number of fused-ring (bicyclic) bond motifs is 1. The normalized spacial score (nSPS) is 10.8. The standard InChI is InChI=1S/C22H18N2O2/c1-26-19-9-5-8-18(13-19)17-7-4-6-16(12-17)15-24-21-11-3-2-10-20(21)23-14-22(24)25/h2-14H,15H2,1H3. The Kier molecular flexibility index (Phi) is 4.23. The second-order valence-electron chi connectivity index (χ2n) is 6.10. The topological polar surface area (TPSA) is 44.1 Å². The Morgan fingerprint density at radius 3 is 2.54 bits per heavy atom. The lowest BCUT2D eigenvalue weighted by atomic mass is 10.0. The van der Waals surface area contributed by atoms with Gasteiger partial charge in [-0.2, -0.15) is 0 Å². The Hall–Kier alpha value is -3.40. The van der Waals surface area contributed by atoms with Crippen LogP contribution in [0.2, 0.25) is 0 Å². The first kappa shape index (κ1) is 16.1. The van der Waals surface area contributed by atoms with Crippen molar-refractivity contribution in [3.63, 3.8) is 0 Å². The lowest BCUT2D eigenvalue weighted by molar-refractivity contribution is 0.415. The number of benzene rings is 3. The average molecular weight is 342 g/mol. The quantitative estimate of drug-likeness (QED) is 0.560. The summed E-state index contributed by atoms with van der Waals surface area (Å²) in [6.45, 7) is 0.500. The highest BCUT2D eigenvalue weighted by Gasteiger charge is 2.06. The van der Waals surface area contributed by atoms with E-state index < -0.39 is 0 Å². The van der Waals surface area contributed by atoms with Gasteiger partial charge in [-0.25, -0.2) is 4.98 Å². The minimum Gasteiger partial charge on any atom is -0.497 e. The fourth-order valence-electron chi connectivity index (χ4n) is 3.11. The average Bonchev–Trinajstić information content (AvgIpc) is 2.70. The van der Waals surface area contributed by atoms with Gasteiger partial charge in [0.15, 0.2) is 0 Å². The third kappa shape index (κ3) is 3.09. The van der Waals surface area contributed by atoms with Gasteiger partial charge in [-0.3, -0.25) is 4.79 Å². The molecule has 0 amide bonds. The van der Waals surface area contributed by atoms with Gasteiger partial charge >= 0.3 is 0 Å². The first-order valence-electron chi connectivity index (χ1n) is 8.42. The molecule has 1 heterocycles. The van der Waals surface area contributed by atoms with Crippen molar-refractivity contribution in [3.8, 4) is 16.9 Å². The highest BCUT2D eigenvalue weighted by molar-refractivity contribution is 5.74. The molecule has 128 valence electrons. The first-order valence-corrected chi connectivity index (χ1v) is 8.42. The zero-order valence-corrected chi connectivity index (χ0v) is 14.4. The second kappa shape index (κ2) is 6.84. The summed E-state index contributed by atoms with van der Waals surface area (Å²) in [5.74, 6) is 0.823. The molecule has 0 N–H and O–H groups in total. The van der Waals surface area contributed by atoms with Crippen LogP contribution in [0.25, 0.3) is 22.2 Å². The molecule has 4 heteroatoms. The molecule has 0 spiro atoms. The van der Waals surface area contributed by atoms with Gasteiger partial charge in [0, 0.05) is 0 Å². The summed E-state index contributed by atoms with van der Waals surface area (Å²) in [6, 6.07) is 23.9. The minimum absolute atomic E-state index is 0.101. The summed E-state index contributed by atoms with van der Waals surface area (Å²) in [4.78, 5) is 16.6. The first-order chi connectivity index (χ1) is 12.7. The molecule has 0 unspecified atom stereocenters. The van der Waals surface area contributed by atoms with Crippen LogP contribution in [0.4, 0.5) is 0 Å². The lowest BCUT2D eigenvalue weighted by Gasteiger charge is -2.11. The zero-order valence-electron chi connectivity index (χ0n) is 14.4. The van der Waals surface area contributed by atoms with E-state index in [2.05, 4.69) is 23.2 Å². The van der Waals surface area contributed by atoms with E-state index in [9.17, 15) is 4.79 Å². The van der Waals surface area contributed by atoms with Gasteiger partial charge < -0.3 is 9.30 Å². The molecular formula is C22H18N2O2. The molecule has 4 aromatic rings. The number of aromatic nitrogens is 2. The maximum Gasteiger partial charge on any atom is 0.269 e. The van der Waals surface area contributed by atoms with E-state index in [1.165, 1.54) is 6.20 Å². The van der Waals surface area contributed by atoms with Crippen molar-refractivity contribution in [3.05, 3.63) is 94.9 Å². The van der Waals surface area contributed by atoms with E-state index in [1.54, 1.807) is 11.7 Å². The number of hydrogen-bond donors (Lipinski definition) is 0. The predicted molar refractivity (Wildman–Crippen MR) is 104 cm³/mol. The van der Waals surface area contributed by atoms with Crippen LogP contribution in [-0.4, -0.2) is 16.7 Å². The van der Waals surface area contributed by atoms with Crippen LogP contribution in [0.5, 0.6) is 5.75 Å². The summed E-state index contributed by atoms with van der Waals surface area (Å²) in [6.07, 6.45) is 1.38. The Morgan fingerprint density at radius 1 is 0.923 bits per heavy atom. The summed E-state index contributed by atoms with van der Waals surface area (Å²) < 4.78 is 7.07. The maximum atomic E-state index is 12.4. The van der Waals surface area contributed by atoms with Gasteiger partial charge in [-0.05, 0) is 47.0 Å². The van der Waals surface area contributed by atoms with Gasteiger partial charge in [0.05, 0.1) is 30.9 Å². The Bertz CT molecular complexity index is 1130. The van der Waals surface area contributed by atoms with Crippen LogP contribution in [0.3, 0.4) is 0 Å². The monoisotopic (exact) mass is 342 g/mol. The third-order valence-corrected chi connectivity index (χ3v) is 4.42. The number of rotatable bonds is 4. The van der Waals surface area contributed by atoms with E-state index in [-0.39, 0.29) is 5.56 Å². The number of nitrogens with zero attached hydrogens (tertiary/aromatic N) is 2. The molecule has 0 saturated heterocycles. The molecule has 4 rings (SSSR count). The number of ether oxygens (including phenoxy) is 1. The molecule has 26 heavy (non-hydrogen) atoms. The van der Waals surface area contributed by atoms with Crippen LogP contribution < -0.4 is 10.3 Å². The van der Waals surface area contributed by atoms with Gasteiger partial charge in [0.25, 0.3) is 5.56 Å². The molecule has 0 atom stereocenters. The Balaban J connectivity index is 1.74. The molecule has 0 aliphatic rings. The fourth-order valence-corrected chi connectivity index (χ4v) is 3.11. The molecule has 3 aromatic carbocycles. The molecule has 1 aromatic heterocycles. The van der Waals surface area contributed by atoms with Gasteiger partial charge in [0.2, 0.25) is 0 Å². The zero-order chi connectivity index (χ0) is 17.9. The number of para-hydroxylation sites is 2. The fraction of sp³-hybridized carbons (Fsp3) is 0.0909. The second-order valence-corrected chi connectivity index (χ2v) is 6.10. The van der Waals surface area contributed by atoms with Crippen LogP contribution in [0, 0.1) is 0 Å². The van der Waals surface area contributed by atoms with Crippen molar-refractivity contribution in [1.82, 2.24) is 9.55 Å². The summed E-state index contributed by atoms with van der Waals surface area (Å²) in [5, 5.41) is 0. The highest BCUT2D eigenvalue weighted by Crippen LogP contribution is 2.25. The number of hydrogen-bond acceptors (Lipinski definition) is 3. The molecule has 0 radical (unpaired) electrons. The van der Waals surface area contributed by atoms with E-state index >= 15 is 0 Å². The van der Waals surface area contributed by atoms with Crippen LogP contribution >= 0.6 is 0 Å². The Labute approximate surface area is 151 Å². The van der Waals surface area contributed by atoms with Gasteiger partial charge in [-0.15, -0.1) is 0 Å².